The van der Waals surface area contributed by atoms with Crippen LogP contribution in [-0.2, 0) is 9.53 Å². The predicted molar refractivity (Wildman–Crippen MR) is 60.4 cm³/mol. The highest BCUT2D eigenvalue weighted by Gasteiger charge is 2.20. The van der Waals surface area contributed by atoms with E-state index in [0.29, 0.717) is 13.0 Å². The lowest BCUT2D eigenvalue weighted by molar-refractivity contribution is -0.155. The molecule has 1 saturated heterocycles. The van der Waals surface area contributed by atoms with Gasteiger partial charge in [-0.15, -0.1) is 0 Å². The van der Waals surface area contributed by atoms with Crippen LogP contribution in [-0.4, -0.2) is 18.7 Å². The lowest BCUT2D eigenvalue weighted by Gasteiger charge is -2.22. The number of hydrogen-bond acceptors (Lipinski definition) is 3. The largest absolute Gasteiger partial charge is 0.490 e. The molecular weight excluding hydrogens is 204 g/mol. The molecule has 1 unspecified atom stereocenters. The summed E-state index contributed by atoms with van der Waals surface area (Å²) in [5, 5.41) is 0. The minimum Gasteiger partial charge on any atom is -0.490 e. The SMILES string of the molecule is Cc1ccc(OCC2CCCC(=O)O2)cc1. The third-order valence-corrected chi connectivity index (χ3v) is 2.66. The van der Waals surface area contributed by atoms with Crippen molar-refractivity contribution in [3.05, 3.63) is 29.8 Å². The number of ether oxygens (including phenoxy) is 2. The Bertz CT molecular complexity index is 356. The standard InChI is InChI=1S/C13H16O3/c1-10-5-7-11(8-6-10)15-9-12-3-2-4-13(14)16-12/h5-8,12H,2-4,9H2,1H3. The second kappa shape index (κ2) is 5.01. The summed E-state index contributed by atoms with van der Waals surface area (Å²) in [5.74, 6) is 0.718. The lowest BCUT2D eigenvalue weighted by atomic mass is 10.1. The molecule has 1 atom stereocenters. The van der Waals surface area contributed by atoms with Gasteiger partial charge in [0.2, 0.25) is 0 Å². The van der Waals surface area contributed by atoms with Crippen LogP contribution in [0.5, 0.6) is 5.75 Å². The van der Waals surface area contributed by atoms with Crippen LogP contribution in [0.4, 0.5) is 0 Å². The van der Waals surface area contributed by atoms with Gasteiger partial charge in [-0.3, -0.25) is 4.79 Å². The molecule has 1 aromatic rings. The van der Waals surface area contributed by atoms with Gasteiger partial charge in [-0.25, -0.2) is 0 Å². The highest BCUT2D eigenvalue weighted by atomic mass is 16.6. The average Bonchev–Trinajstić information content (AvgIpc) is 2.28. The molecule has 86 valence electrons. The summed E-state index contributed by atoms with van der Waals surface area (Å²) in [7, 11) is 0. The van der Waals surface area contributed by atoms with Crippen molar-refractivity contribution in [1.29, 1.82) is 0 Å². The molecule has 1 fully saturated rings. The molecule has 0 aromatic heterocycles. The first kappa shape index (κ1) is 11.0. The normalized spacial score (nSPS) is 20.3. The zero-order valence-electron chi connectivity index (χ0n) is 9.44. The number of carbonyl (C=O) groups excluding carboxylic acids is 1. The number of carbonyl (C=O) groups is 1. The van der Waals surface area contributed by atoms with Crippen LogP contribution in [0.15, 0.2) is 24.3 Å². The van der Waals surface area contributed by atoms with Crippen LogP contribution in [0.25, 0.3) is 0 Å². The van der Waals surface area contributed by atoms with E-state index in [9.17, 15) is 4.79 Å². The number of aryl methyl sites for hydroxylation is 1. The third kappa shape index (κ3) is 2.99. The topological polar surface area (TPSA) is 35.5 Å². The van der Waals surface area contributed by atoms with E-state index in [1.54, 1.807) is 0 Å². The van der Waals surface area contributed by atoms with E-state index in [4.69, 9.17) is 9.47 Å². The first-order valence-electron chi connectivity index (χ1n) is 5.63. The Balaban J connectivity index is 1.82. The number of esters is 1. The molecule has 2 rings (SSSR count). The second-order valence-corrected chi connectivity index (χ2v) is 4.13. The van der Waals surface area contributed by atoms with Crippen molar-refractivity contribution in [2.45, 2.75) is 32.3 Å². The summed E-state index contributed by atoms with van der Waals surface area (Å²) in [5.41, 5.74) is 1.21. The van der Waals surface area contributed by atoms with Crippen molar-refractivity contribution in [2.75, 3.05) is 6.61 Å². The van der Waals surface area contributed by atoms with Crippen molar-refractivity contribution < 1.29 is 14.3 Å². The Morgan fingerprint density at radius 3 is 2.81 bits per heavy atom. The highest BCUT2D eigenvalue weighted by Crippen LogP contribution is 2.17. The molecular formula is C13H16O3. The van der Waals surface area contributed by atoms with Crippen LogP contribution in [0.2, 0.25) is 0 Å². The molecule has 0 radical (unpaired) electrons. The number of hydrogen-bond donors (Lipinski definition) is 0. The first-order chi connectivity index (χ1) is 7.74. The summed E-state index contributed by atoms with van der Waals surface area (Å²) < 4.78 is 10.7. The van der Waals surface area contributed by atoms with Crippen molar-refractivity contribution in [3.8, 4) is 5.75 Å². The molecule has 0 bridgehead atoms. The summed E-state index contributed by atoms with van der Waals surface area (Å²) in [6, 6.07) is 7.87. The number of rotatable bonds is 3. The molecule has 16 heavy (non-hydrogen) atoms. The summed E-state index contributed by atoms with van der Waals surface area (Å²) >= 11 is 0. The maximum absolute atomic E-state index is 11.1. The Labute approximate surface area is 95.4 Å². The van der Waals surface area contributed by atoms with Crippen molar-refractivity contribution >= 4 is 5.97 Å². The molecule has 0 spiro atoms. The number of cyclic esters (lactones) is 1. The van der Waals surface area contributed by atoms with Crippen molar-refractivity contribution in [1.82, 2.24) is 0 Å². The predicted octanol–water partition coefficient (Wildman–Crippen LogP) is 2.47. The Kier molecular flexibility index (Phi) is 3.44. The van der Waals surface area contributed by atoms with Gasteiger partial charge in [-0.2, -0.15) is 0 Å². The van der Waals surface area contributed by atoms with Gasteiger partial charge in [-0.1, -0.05) is 17.7 Å². The molecule has 1 aromatic carbocycles. The molecule has 0 aliphatic carbocycles. The molecule has 3 nitrogen and oxygen atoms in total. The zero-order chi connectivity index (χ0) is 11.4. The van der Waals surface area contributed by atoms with Gasteiger partial charge in [0.1, 0.15) is 18.5 Å². The monoisotopic (exact) mass is 220 g/mol. The molecule has 0 N–H and O–H groups in total. The second-order valence-electron chi connectivity index (χ2n) is 4.13. The lowest BCUT2D eigenvalue weighted by Crippen LogP contribution is -2.28. The molecule has 3 heteroatoms. The summed E-state index contributed by atoms with van der Waals surface area (Å²) in [6.07, 6.45) is 2.27. The quantitative estimate of drug-likeness (QED) is 0.734. The summed E-state index contributed by atoms with van der Waals surface area (Å²) in [6.45, 7) is 2.49. The van der Waals surface area contributed by atoms with Crippen molar-refractivity contribution in [3.63, 3.8) is 0 Å². The smallest absolute Gasteiger partial charge is 0.306 e. The van der Waals surface area contributed by atoms with Crippen LogP contribution in [0.1, 0.15) is 24.8 Å². The zero-order valence-corrected chi connectivity index (χ0v) is 9.44. The van der Waals surface area contributed by atoms with Gasteiger partial charge in [0.15, 0.2) is 0 Å². The number of benzene rings is 1. The Morgan fingerprint density at radius 1 is 1.38 bits per heavy atom. The third-order valence-electron chi connectivity index (χ3n) is 2.66. The van der Waals surface area contributed by atoms with Gasteiger partial charge in [0.25, 0.3) is 0 Å². The minimum absolute atomic E-state index is 0.0810. The Hall–Kier alpha value is -1.51. The first-order valence-corrected chi connectivity index (χ1v) is 5.63. The van der Waals surface area contributed by atoms with E-state index in [1.807, 2.05) is 31.2 Å². The van der Waals surface area contributed by atoms with E-state index in [0.717, 1.165) is 18.6 Å². The van der Waals surface area contributed by atoms with Crippen LogP contribution < -0.4 is 4.74 Å². The minimum atomic E-state index is -0.108. The molecule has 1 aliphatic rings. The van der Waals surface area contributed by atoms with Crippen molar-refractivity contribution in [2.24, 2.45) is 0 Å². The van der Waals surface area contributed by atoms with Gasteiger partial charge in [0, 0.05) is 6.42 Å². The molecule has 1 heterocycles. The average molecular weight is 220 g/mol. The fraction of sp³-hybridized carbons (Fsp3) is 0.462. The van der Waals surface area contributed by atoms with E-state index in [-0.39, 0.29) is 12.1 Å². The fourth-order valence-corrected chi connectivity index (χ4v) is 1.72. The maximum atomic E-state index is 11.1. The molecule has 0 amide bonds. The van der Waals surface area contributed by atoms with E-state index in [2.05, 4.69) is 0 Å². The summed E-state index contributed by atoms with van der Waals surface area (Å²) in [4.78, 5) is 11.1. The van der Waals surface area contributed by atoms with Gasteiger partial charge in [-0.05, 0) is 31.9 Å². The van der Waals surface area contributed by atoms with Crippen LogP contribution in [0.3, 0.4) is 0 Å². The maximum Gasteiger partial charge on any atom is 0.306 e. The Morgan fingerprint density at radius 2 is 2.12 bits per heavy atom. The van der Waals surface area contributed by atoms with Crippen LogP contribution in [0, 0.1) is 6.92 Å². The highest BCUT2D eigenvalue weighted by molar-refractivity contribution is 5.70. The fourth-order valence-electron chi connectivity index (χ4n) is 1.72. The van der Waals surface area contributed by atoms with Crippen LogP contribution >= 0.6 is 0 Å². The van der Waals surface area contributed by atoms with E-state index >= 15 is 0 Å². The van der Waals surface area contributed by atoms with Gasteiger partial charge >= 0.3 is 5.97 Å². The van der Waals surface area contributed by atoms with E-state index in [1.165, 1.54) is 5.56 Å². The van der Waals surface area contributed by atoms with E-state index < -0.39 is 0 Å². The molecule has 0 saturated carbocycles. The molecule has 1 aliphatic heterocycles. The van der Waals surface area contributed by atoms with Gasteiger partial charge < -0.3 is 9.47 Å². The van der Waals surface area contributed by atoms with Gasteiger partial charge in [0.05, 0.1) is 0 Å².